The molecule has 0 aromatic rings. The molecule has 108 valence electrons. The van der Waals surface area contributed by atoms with Gasteiger partial charge < -0.3 is 5.32 Å². The van der Waals surface area contributed by atoms with Crippen LogP contribution in [0.5, 0.6) is 0 Å². The lowest BCUT2D eigenvalue weighted by Gasteiger charge is -2.41. The number of rotatable bonds is 5. The number of hydrogen-bond donors (Lipinski definition) is 1. The summed E-state index contributed by atoms with van der Waals surface area (Å²) in [6.45, 7) is 4.15. The molecule has 0 heterocycles. The third kappa shape index (κ3) is 3.62. The first kappa shape index (κ1) is 15.8. The highest BCUT2D eigenvalue weighted by molar-refractivity contribution is 4.90. The maximum atomic E-state index is 13.1. The standard InChI is InChI=1S/C14H26F3N/c1-4-10(5-2)13(18-3)11-8-6-7-9-12(11)14(15,16)17/h10-13,18H,4-9H2,1-3H3. The van der Waals surface area contributed by atoms with Crippen molar-refractivity contribution in [2.75, 3.05) is 7.05 Å². The van der Waals surface area contributed by atoms with Crippen LogP contribution in [0.2, 0.25) is 0 Å². The van der Waals surface area contributed by atoms with Crippen molar-refractivity contribution in [1.82, 2.24) is 5.32 Å². The summed E-state index contributed by atoms with van der Waals surface area (Å²) >= 11 is 0. The molecule has 1 aliphatic rings. The molecule has 0 spiro atoms. The lowest BCUT2D eigenvalue weighted by atomic mass is 9.70. The minimum absolute atomic E-state index is 0.00641. The van der Waals surface area contributed by atoms with Gasteiger partial charge in [-0.2, -0.15) is 13.2 Å². The van der Waals surface area contributed by atoms with Crippen molar-refractivity contribution in [3.8, 4) is 0 Å². The Morgan fingerprint density at radius 3 is 2.11 bits per heavy atom. The largest absolute Gasteiger partial charge is 0.392 e. The third-order valence-corrected chi connectivity index (χ3v) is 4.59. The zero-order valence-corrected chi connectivity index (χ0v) is 11.7. The van der Waals surface area contributed by atoms with E-state index in [1.54, 1.807) is 0 Å². The fourth-order valence-electron chi connectivity index (χ4n) is 3.59. The SMILES string of the molecule is CCC(CC)C(NC)C1CCCCC1C(F)(F)F. The van der Waals surface area contributed by atoms with E-state index in [4.69, 9.17) is 0 Å². The molecule has 1 N–H and O–H groups in total. The Morgan fingerprint density at radius 1 is 1.11 bits per heavy atom. The van der Waals surface area contributed by atoms with Gasteiger partial charge in [0.25, 0.3) is 0 Å². The summed E-state index contributed by atoms with van der Waals surface area (Å²) in [5, 5.41) is 3.18. The predicted molar refractivity (Wildman–Crippen MR) is 68.4 cm³/mol. The van der Waals surface area contributed by atoms with Crippen molar-refractivity contribution in [1.29, 1.82) is 0 Å². The molecule has 0 radical (unpaired) electrons. The Morgan fingerprint density at radius 2 is 1.67 bits per heavy atom. The summed E-state index contributed by atoms with van der Waals surface area (Å²) in [6, 6.07) is 0.00641. The fraction of sp³-hybridized carbons (Fsp3) is 1.00. The molecule has 1 nitrogen and oxygen atoms in total. The summed E-state index contributed by atoms with van der Waals surface area (Å²) < 4.78 is 39.4. The summed E-state index contributed by atoms with van der Waals surface area (Å²) in [4.78, 5) is 0. The molecular weight excluding hydrogens is 239 g/mol. The van der Waals surface area contributed by atoms with Crippen molar-refractivity contribution in [3.63, 3.8) is 0 Å². The van der Waals surface area contributed by atoms with Gasteiger partial charge in [0, 0.05) is 6.04 Å². The van der Waals surface area contributed by atoms with E-state index in [2.05, 4.69) is 19.2 Å². The van der Waals surface area contributed by atoms with Crippen LogP contribution in [0.1, 0.15) is 52.4 Å². The van der Waals surface area contributed by atoms with E-state index in [1.807, 2.05) is 7.05 Å². The van der Waals surface area contributed by atoms with Crippen molar-refractivity contribution >= 4 is 0 Å². The summed E-state index contributed by atoms with van der Waals surface area (Å²) in [5.41, 5.74) is 0. The highest BCUT2D eigenvalue weighted by Gasteiger charge is 2.48. The minimum Gasteiger partial charge on any atom is -0.316 e. The van der Waals surface area contributed by atoms with Crippen LogP contribution in [0, 0.1) is 17.8 Å². The molecule has 1 aliphatic carbocycles. The molecule has 0 saturated heterocycles. The maximum Gasteiger partial charge on any atom is 0.392 e. The van der Waals surface area contributed by atoms with Gasteiger partial charge in [-0.3, -0.25) is 0 Å². The van der Waals surface area contributed by atoms with Crippen molar-refractivity contribution in [3.05, 3.63) is 0 Å². The second kappa shape index (κ2) is 6.78. The first-order chi connectivity index (χ1) is 8.45. The molecule has 1 saturated carbocycles. The average molecular weight is 265 g/mol. The number of halogens is 3. The molecule has 0 aliphatic heterocycles. The van der Waals surface area contributed by atoms with Gasteiger partial charge >= 0.3 is 6.18 Å². The van der Waals surface area contributed by atoms with E-state index < -0.39 is 12.1 Å². The van der Waals surface area contributed by atoms with Crippen LogP contribution in [0.25, 0.3) is 0 Å². The normalized spacial score (nSPS) is 27.5. The van der Waals surface area contributed by atoms with Gasteiger partial charge in [0.05, 0.1) is 5.92 Å². The Bertz CT molecular complexity index is 236. The van der Waals surface area contributed by atoms with Crippen LogP contribution in [0.3, 0.4) is 0 Å². The Hall–Kier alpha value is -0.250. The quantitative estimate of drug-likeness (QED) is 0.778. The van der Waals surface area contributed by atoms with Crippen LogP contribution >= 0.6 is 0 Å². The highest BCUT2D eigenvalue weighted by Crippen LogP contribution is 2.44. The zero-order valence-electron chi connectivity index (χ0n) is 11.7. The minimum atomic E-state index is -4.04. The number of hydrogen-bond acceptors (Lipinski definition) is 1. The highest BCUT2D eigenvalue weighted by atomic mass is 19.4. The van der Waals surface area contributed by atoms with Crippen LogP contribution in [0.4, 0.5) is 13.2 Å². The van der Waals surface area contributed by atoms with Gasteiger partial charge in [-0.25, -0.2) is 0 Å². The predicted octanol–water partition coefficient (Wildman–Crippen LogP) is 4.38. The van der Waals surface area contributed by atoms with Gasteiger partial charge in [0.1, 0.15) is 0 Å². The van der Waals surface area contributed by atoms with E-state index in [0.717, 1.165) is 25.7 Å². The Labute approximate surface area is 109 Å². The van der Waals surface area contributed by atoms with Crippen molar-refractivity contribution < 1.29 is 13.2 Å². The van der Waals surface area contributed by atoms with Gasteiger partial charge in [0.2, 0.25) is 0 Å². The van der Waals surface area contributed by atoms with Crippen LogP contribution < -0.4 is 5.32 Å². The van der Waals surface area contributed by atoms with Crippen LogP contribution in [0.15, 0.2) is 0 Å². The van der Waals surface area contributed by atoms with Crippen LogP contribution in [-0.2, 0) is 0 Å². The molecule has 1 fully saturated rings. The Kier molecular flexibility index (Phi) is 5.96. The van der Waals surface area contributed by atoms with Gasteiger partial charge in [-0.1, -0.05) is 39.5 Å². The summed E-state index contributed by atoms with van der Waals surface area (Å²) in [5.74, 6) is -0.999. The van der Waals surface area contributed by atoms with Crippen LogP contribution in [-0.4, -0.2) is 19.3 Å². The molecule has 0 bridgehead atoms. The summed E-state index contributed by atoms with van der Waals surface area (Å²) in [6.07, 6.45) is 0.548. The second-order valence-corrected chi connectivity index (χ2v) is 5.49. The molecule has 0 amide bonds. The zero-order chi connectivity index (χ0) is 13.8. The number of nitrogens with one attached hydrogen (secondary N) is 1. The molecule has 0 aromatic heterocycles. The van der Waals surface area contributed by atoms with E-state index >= 15 is 0 Å². The van der Waals surface area contributed by atoms with E-state index in [9.17, 15) is 13.2 Å². The van der Waals surface area contributed by atoms with E-state index in [0.29, 0.717) is 18.8 Å². The molecule has 3 atom stereocenters. The topological polar surface area (TPSA) is 12.0 Å². The average Bonchev–Trinajstić information content (AvgIpc) is 2.34. The van der Waals surface area contributed by atoms with E-state index in [1.165, 1.54) is 0 Å². The van der Waals surface area contributed by atoms with Gasteiger partial charge in [-0.05, 0) is 31.7 Å². The molecule has 0 aromatic carbocycles. The summed E-state index contributed by atoms with van der Waals surface area (Å²) in [7, 11) is 1.81. The maximum absolute atomic E-state index is 13.1. The fourth-order valence-corrected chi connectivity index (χ4v) is 3.59. The van der Waals surface area contributed by atoms with Crippen molar-refractivity contribution in [2.24, 2.45) is 17.8 Å². The number of alkyl halides is 3. The van der Waals surface area contributed by atoms with Gasteiger partial charge in [0.15, 0.2) is 0 Å². The smallest absolute Gasteiger partial charge is 0.316 e. The first-order valence-electron chi connectivity index (χ1n) is 7.19. The molecule has 18 heavy (non-hydrogen) atoms. The molecular formula is C14H26F3N. The monoisotopic (exact) mass is 265 g/mol. The lowest BCUT2D eigenvalue weighted by molar-refractivity contribution is -0.200. The Balaban J connectivity index is 2.86. The second-order valence-electron chi connectivity index (χ2n) is 5.49. The molecule has 4 heteroatoms. The third-order valence-electron chi connectivity index (χ3n) is 4.59. The first-order valence-corrected chi connectivity index (χ1v) is 7.19. The van der Waals surface area contributed by atoms with Gasteiger partial charge in [-0.15, -0.1) is 0 Å². The molecule has 1 rings (SSSR count). The van der Waals surface area contributed by atoms with E-state index in [-0.39, 0.29) is 12.0 Å². The lowest BCUT2D eigenvalue weighted by Crippen LogP contribution is -2.48. The van der Waals surface area contributed by atoms with Crippen molar-refractivity contribution in [2.45, 2.75) is 64.6 Å². The molecule has 3 unspecified atom stereocenters.